The van der Waals surface area contributed by atoms with E-state index in [4.69, 9.17) is 0 Å². The van der Waals surface area contributed by atoms with Gasteiger partial charge in [0, 0.05) is 10.5 Å². The predicted molar refractivity (Wildman–Crippen MR) is 72.9 cm³/mol. The van der Waals surface area contributed by atoms with Gasteiger partial charge in [-0.05, 0) is 28.7 Å². The third-order valence-corrected chi connectivity index (χ3v) is 3.01. The van der Waals surface area contributed by atoms with E-state index in [-0.39, 0.29) is 5.82 Å². The van der Waals surface area contributed by atoms with E-state index >= 15 is 0 Å². The summed E-state index contributed by atoms with van der Waals surface area (Å²) >= 11 is 3.36. The molecular weight excluding hydrogens is 298 g/mol. The lowest BCUT2D eigenvalue weighted by atomic mass is 10.2. The van der Waals surface area contributed by atoms with E-state index in [0.29, 0.717) is 5.82 Å². The Labute approximate surface area is 112 Å². The number of imidazole rings is 1. The summed E-state index contributed by atoms with van der Waals surface area (Å²) in [5, 5.41) is 10.7. The summed E-state index contributed by atoms with van der Waals surface area (Å²) in [5.41, 5.74) is 1.00. The second-order valence-corrected chi connectivity index (χ2v) is 4.59. The van der Waals surface area contributed by atoms with Crippen molar-refractivity contribution in [1.82, 2.24) is 9.55 Å². The molecule has 0 saturated heterocycles. The van der Waals surface area contributed by atoms with Gasteiger partial charge in [0.25, 0.3) is 0 Å². The van der Waals surface area contributed by atoms with Crippen LogP contribution in [0, 0.1) is 10.1 Å². The molecule has 1 heterocycles. The molecule has 6 heteroatoms. The molecule has 0 N–H and O–H groups in total. The maximum atomic E-state index is 10.7. The lowest BCUT2D eigenvalue weighted by Crippen LogP contribution is -1.98. The first kappa shape index (κ1) is 12.5. The van der Waals surface area contributed by atoms with Crippen LogP contribution in [0.2, 0.25) is 0 Å². The third kappa shape index (κ3) is 2.65. The SMILES string of the molecule is Cn1c([N+](=O)[O-])cnc1/C=C/c1ccc(Br)cc1. The van der Waals surface area contributed by atoms with E-state index in [2.05, 4.69) is 20.9 Å². The highest BCUT2D eigenvalue weighted by molar-refractivity contribution is 9.10. The number of aromatic nitrogens is 2. The van der Waals surface area contributed by atoms with Crippen molar-refractivity contribution in [2.75, 3.05) is 0 Å². The highest BCUT2D eigenvalue weighted by Gasteiger charge is 2.13. The minimum absolute atomic E-state index is 0.0227. The van der Waals surface area contributed by atoms with Crippen molar-refractivity contribution in [1.29, 1.82) is 0 Å². The van der Waals surface area contributed by atoms with Gasteiger partial charge in [-0.2, -0.15) is 0 Å². The predicted octanol–water partition coefficient (Wildman–Crippen LogP) is 3.26. The Morgan fingerprint density at radius 1 is 1.33 bits per heavy atom. The highest BCUT2D eigenvalue weighted by Crippen LogP contribution is 2.15. The van der Waals surface area contributed by atoms with Crippen LogP contribution in [0.1, 0.15) is 11.4 Å². The fourth-order valence-corrected chi connectivity index (χ4v) is 1.75. The fraction of sp³-hybridized carbons (Fsp3) is 0.0833. The van der Waals surface area contributed by atoms with Crippen molar-refractivity contribution in [2.24, 2.45) is 7.05 Å². The van der Waals surface area contributed by atoms with Crippen molar-refractivity contribution in [2.45, 2.75) is 0 Å². The quantitative estimate of drug-likeness (QED) is 0.646. The van der Waals surface area contributed by atoms with E-state index < -0.39 is 4.92 Å². The summed E-state index contributed by atoms with van der Waals surface area (Å²) < 4.78 is 2.45. The van der Waals surface area contributed by atoms with Gasteiger partial charge in [-0.25, -0.2) is 9.55 Å². The Kier molecular flexibility index (Phi) is 3.57. The first-order chi connectivity index (χ1) is 8.58. The van der Waals surface area contributed by atoms with E-state index in [1.165, 1.54) is 10.8 Å². The summed E-state index contributed by atoms with van der Waals surface area (Å²) in [7, 11) is 1.62. The normalized spacial score (nSPS) is 11.0. The van der Waals surface area contributed by atoms with Crippen LogP contribution in [-0.2, 0) is 7.05 Å². The highest BCUT2D eigenvalue weighted by atomic mass is 79.9. The molecule has 2 rings (SSSR count). The van der Waals surface area contributed by atoms with Crippen molar-refractivity contribution in [3.8, 4) is 0 Å². The minimum atomic E-state index is -0.454. The van der Waals surface area contributed by atoms with Crippen LogP contribution in [0.15, 0.2) is 34.9 Å². The first-order valence-electron chi connectivity index (χ1n) is 5.17. The van der Waals surface area contributed by atoms with Crippen LogP contribution in [-0.4, -0.2) is 14.5 Å². The topological polar surface area (TPSA) is 61.0 Å². The van der Waals surface area contributed by atoms with E-state index in [9.17, 15) is 10.1 Å². The molecule has 1 aromatic carbocycles. The molecule has 0 radical (unpaired) electrons. The van der Waals surface area contributed by atoms with Crippen molar-refractivity contribution >= 4 is 33.9 Å². The third-order valence-electron chi connectivity index (χ3n) is 2.48. The Morgan fingerprint density at radius 2 is 2.00 bits per heavy atom. The second-order valence-electron chi connectivity index (χ2n) is 3.68. The fourth-order valence-electron chi connectivity index (χ4n) is 1.48. The van der Waals surface area contributed by atoms with E-state index in [1.807, 2.05) is 30.3 Å². The number of nitro groups is 1. The van der Waals surface area contributed by atoms with Crippen LogP contribution in [0.25, 0.3) is 12.2 Å². The van der Waals surface area contributed by atoms with Gasteiger partial charge in [-0.1, -0.05) is 28.1 Å². The number of rotatable bonds is 3. The molecule has 0 amide bonds. The second kappa shape index (κ2) is 5.14. The molecule has 1 aromatic heterocycles. The van der Waals surface area contributed by atoms with Gasteiger partial charge >= 0.3 is 5.82 Å². The molecular formula is C12H10BrN3O2. The minimum Gasteiger partial charge on any atom is -0.358 e. The van der Waals surface area contributed by atoms with Gasteiger partial charge in [0.05, 0.1) is 7.05 Å². The van der Waals surface area contributed by atoms with Crippen molar-refractivity contribution < 1.29 is 4.92 Å². The number of halogens is 1. The van der Waals surface area contributed by atoms with E-state index in [0.717, 1.165) is 10.0 Å². The number of nitrogens with zero attached hydrogens (tertiary/aromatic N) is 3. The molecule has 0 spiro atoms. The monoisotopic (exact) mass is 307 g/mol. The molecule has 5 nitrogen and oxygen atoms in total. The molecule has 2 aromatic rings. The zero-order chi connectivity index (χ0) is 13.1. The molecule has 18 heavy (non-hydrogen) atoms. The number of hydrogen-bond donors (Lipinski definition) is 0. The maximum absolute atomic E-state index is 10.7. The summed E-state index contributed by atoms with van der Waals surface area (Å²) in [6, 6.07) is 7.75. The lowest BCUT2D eigenvalue weighted by molar-refractivity contribution is -0.391. The average molecular weight is 308 g/mol. The molecule has 0 atom stereocenters. The van der Waals surface area contributed by atoms with Gasteiger partial charge in [-0.3, -0.25) is 0 Å². The van der Waals surface area contributed by atoms with Gasteiger partial charge in [-0.15, -0.1) is 0 Å². The van der Waals surface area contributed by atoms with Gasteiger partial charge in [0.15, 0.2) is 0 Å². The summed E-state index contributed by atoms with van der Waals surface area (Å²) in [4.78, 5) is 14.2. The molecule has 0 bridgehead atoms. The maximum Gasteiger partial charge on any atom is 0.342 e. The van der Waals surface area contributed by atoms with Crippen LogP contribution in [0.4, 0.5) is 5.82 Å². The Balaban J connectivity index is 2.24. The van der Waals surface area contributed by atoms with Crippen molar-refractivity contribution in [3.63, 3.8) is 0 Å². The first-order valence-corrected chi connectivity index (χ1v) is 5.97. The largest absolute Gasteiger partial charge is 0.358 e. The molecule has 0 aliphatic carbocycles. The molecule has 0 fully saturated rings. The van der Waals surface area contributed by atoms with Crippen LogP contribution < -0.4 is 0 Å². The van der Waals surface area contributed by atoms with Gasteiger partial charge in [0.1, 0.15) is 6.20 Å². The molecule has 0 saturated carbocycles. The Bertz CT molecular complexity index is 602. The zero-order valence-corrected chi connectivity index (χ0v) is 11.2. The summed E-state index contributed by atoms with van der Waals surface area (Å²) in [5.74, 6) is 0.523. The van der Waals surface area contributed by atoms with Crippen LogP contribution in [0.3, 0.4) is 0 Å². The summed E-state index contributed by atoms with van der Waals surface area (Å²) in [6.45, 7) is 0. The molecule has 92 valence electrons. The van der Waals surface area contributed by atoms with Crippen molar-refractivity contribution in [3.05, 3.63) is 56.4 Å². The van der Waals surface area contributed by atoms with Crippen LogP contribution >= 0.6 is 15.9 Å². The standard InChI is InChI=1S/C12H10BrN3O2/c1-15-11(14-8-12(15)16(17)18)7-4-9-2-5-10(13)6-3-9/h2-8H,1H3/b7-4+. The zero-order valence-electron chi connectivity index (χ0n) is 9.58. The van der Waals surface area contributed by atoms with Gasteiger partial charge in [0.2, 0.25) is 5.82 Å². The molecule has 0 aliphatic rings. The smallest absolute Gasteiger partial charge is 0.342 e. The Hall–Kier alpha value is -1.95. The number of hydrogen-bond acceptors (Lipinski definition) is 3. The van der Waals surface area contributed by atoms with E-state index in [1.54, 1.807) is 13.1 Å². The van der Waals surface area contributed by atoms with Crippen LogP contribution in [0.5, 0.6) is 0 Å². The molecule has 0 aliphatic heterocycles. The van der Waals surface area contributed by atoms with Gasteiger partial charge < -0.3 is 10.1 Å². The lowest BCUT2D eigenvalue weighted by Gasteiger charge is -1.95. The Morgan fingerprint density at radius 3 is 2.56 bits per heavy atom. The summed E-state index contributed by atoms with van der Waals surface area (Å²) in [6.07, 6.45) is 4.86. The average Bonchev–Trinajstić information content (AvgIpc) is 2.70. The molecule has 0 unspecified atom stereocenters. The number of benzene rings is 1.